The number of benzene rings is 1. The minimum absolute atomic E-state index is 0.00450. The highest BCUT2D eigenvalue weighted by atomic mass is 16.2. The van der Waals surface area contributed by atoms with Crippen molar-refractivity contribution in [3.63, 3.8) is 0 Å². The Morgan fingerprint density at radius 3 is 2.71 bits per heavy atom. The van der Waals surface area contributed by atoms with Gasteiger partial charge in [-0.15, -0.1) is 0 Å². The third-order valence-electron chi connectivity index (χ3n) is 5.16. The molecule has 1 aliphatic carbocycles. The molecule has 0 aromatic heterocycles. The molecule has 0 radical (unpaired) electrons. The van der Waals surface area contributed by atoms with Crippen LogP contribution in [0, 0.1) is 11.3 Å². The van der Waals surface area contributed by atoms with E-state index in [-0.39, 0.29) is 23.1 Å². The molecule has 21 heavy (non-hydrogen) atoms. The van der Waals surface area contributed by atoms with Crippen LogP contribution in [0.5, 0.6) is 0 Å². The van der Waals surface area contributed by atoms with Crippen molar-refractivity contribution in [2.45, 2.75) is 25.7 Å². The Hall–Kier alpha value is -1.84. The molecule has 2 atom stereocenters. The van der Waals surface area contributed by atoms with Crippen LogP contribution in [0.2, 0.25) is 0 Å². The second kappa shape index (κ2) is 5.51. The van der Waals surface area contributed by atoms with Gasteiger partial charge in [0.05, 0.1) is 0 Å². The van der Waals surface area contributed by atoms with Gasteiger partial charge in [-0.2, -0.15) is 0 Å². The molecule has 1 aliphatic heterocycles. The number of nitrogens with zero attached hydrogens (tertiary/aromatic N) is 1. The molecule has 2 aliphatic rings. The zero-order valence-corrected chi connectivity index (χ0v) is 12.5. The van der Waals surface area contributed by atoms with Crippen LogP contribution < -0.4 is 5.32 Å². The van der Waals surface area contributed by atoms with E-state index in [1.165, 1.54) is 0 Å². The van der Waals surface area contributed by atoms with Gasteiger partial charge in [-0.05, 0) is 31.4 Å². The molecule has 1 saturated heterocycles. The van der Waals surface area contributed by atoms with E-state index in [0.717, 1.165) is 44.3 Å². The molecule has 1 N–H and O–H groups in total. The molecule has 1 aromatic carbocycles. The van der Waals surface area contributed by atoms with Crippen LogP contribution in [0.1, 0.15) is 36.0 Å². The lowest BCUT2D eigenvalue weighted by molar-refractivity contribution is -0.127. The number of rotatable bonds is 2. The van der Waals surface area contributed by atoms with Gasteiger partial charge in [0.2, 0.25) is 5.91 Å². The Morgan fingerprint density at radius 2 is 2.00 bits per heavy atom. The van der Waals surface area contributed by atoms with Gasteiger partial charge < -0.3 is 10.2 Å². The summed E-state index contributed by atoms with van der Waals surface area (Å²) in [4.78, 5) is 26.6. The van der Waals surface area contributed by atoms with Crippen molar-refractivity contribution in [1.29, 1.82) is 0 Å². The SMILES string of the molecule is CNC(=O)[C@H]1CCC[C@]12CCN(C(=O)c1ccccc1)C2. The van der Waals surface area contributed by atoms with Gasteiger partial charge in [-0.3, -0.25) is 9.59 Å². The first kappa shape index (κ1) is 14.1. The lowest BCUT2D eigenvalue weighted by Gasteiger charge is -2.30. The van der Waals surface area contributed by atoms with Crippen molar-refractivity contribution >= 4 is 11.8 Å². The lowest BCUT2D eigenvalue weighted by atomic mass is 9.76. The minimum Gasteiger partial charge on any atom is -0.359 e. The third kappa shape index (κ3) is 2.43. The van der Waals surface area contributed by atoms with Crippen LogP contribution in [0.25, 0.3) is 0 Å². The van der Waals surface area contributed by atoms with E-state index in [1.54, 1.807) is 7.05 Å². The highest BCUT2D eigenvalue weighted by Gasteiger charge is 2.50. The molecule has 1 heterocycles. The van der Waals surface area contributed by atoms with Crippen LogP contribution in [-0.4, -0.2) is 36.9 Å². The van der Waals surface area contributed by atoms with Crippen molar-refractivity contribution in [2.24, 2.45) is 11.3 Å². The number of likely N-dealkylation sites (tertiary alicyclic amines) is 1. The van der Waals surface area contributed by atoms with Gasteiger partial charge in [-0.1, -0.05) is 24.6 Å². The Labute approximate surface area is 125 Å². The van der Waals surface area contributed by atoms with Gasteiger partial charge in [0.15, 0.2) is 0 Å². The molecule has 1 spiro atoms. The molecule has 3 rings (SSSR count). The molecular weight excluding hydrogens is 264 g/mol. The summed E-state index contributed by atoms with van der Waals surface area (Å²) in [6.45, 7) is 1.49. The highest BCUT2D eigenvalue weighted by Crippen LogP contribution is 2.49. The average Bonchev–Trinajstić information content (AvgIpc) is 3.14. The van der Waals surface area contributed by atoms with E-state index in [1.807, 2.05) is 35.2 Å². The van der Waals surface area contributed by atoms with Crippen LogP contribution >= 0.6 is 0 Å². The molecule has 4 heteroatoms. The first-order valence-electron chi connectivity index (χ1n) is 7.72. The van der Waals surface area contributed by atoms with Crippen LogP contribution in [0.4, 0.5) is 0 Å². The molecule has 1 saturated carbocycles. The zero-order chi connectivity index (χ0) is 14.9. The van der Waals surface area contributed by atoms with Gasteiger partial charge in [0, 0.05) is 37.0 Å². The van der Waals surface area contributed by atoms with Crippen molar-refractivity contribution in [3.05, 3.63) is 35.9 Å². The molecular formula is C17H22N2O2. The zero-order valence-electron chi connectivity index (χ0n) is 12.5. The van der Waals surface area contributed by atoms with E-state index in [0.29, 0.717) is 0 Å². The monoisotopic (exact) mass is 286 g/mol. The topological polar surface area (TPSA) is 49.4 Å². The molecule has 0 bridgehead atoms. The predicted octanol–water partition coefficient (Wildman–Crippen LogP) is 2.06. The van der Waals surface area contributed by atoms with E-state index in [2.05, 4.69) is 5.32 Å². The van der Waals surface area contributed by atoms with E-state index < -0.39 is 0 Å². The summed E-state index contributed by atoms with van der Waals surface area (Å²) >= 11 is 0. The number of carbonyl (C=O) groups is 2. The Morgan fingerprint density at radius 1 is 1.24 bits per heavy atom. The fraction of sp³-hybridized carbons (Fsp3) is 0.529. The van der Waals surface area contributed by atoms with Gasteiger partial charge in [0.1, 0.15) is 0 Å². The largest absolute Gasteiger partial charge is 0.359 e. The summed E-state index contributed by atoms with van der Waals surface area (Å²) in [6, 6.07) is 9.42. The maximum Gasteiger partial charge on any atom is 0.253 e. The van der Waals surface area contributed by atoms with Gasteiger partial charge >= 0.3 is 0 Å². The van der Waals surface area contributed by atoms with Gasteiger partial charge in [0.25, 0.3) is 5.91 Å². The van der Waals surface area contributed by atoms with Crippen LogP contribution in [0.15, 0.2) is 30.3 Å². The second-order valence-electron chi connectivity index (χ2n) is 6.26. The van der Waals surface area contributed by atoms with Crippen molar-refractivity contribution in [2.75, 3.05) is 20.1 Å². The number of hydrogen-bond donors (Lipinski definition) is 1. The molecule has 2 fully saturated rings. The second-order valence-corrected chi connectivity index (χ2v) is 6.26. The van der Waals surface area contributed by atoms with Gasteiger partial charge in [-0.25, -0.2) is 0 Å². The third-order valence-corrected chi connectivity index (χ3v) is 5.16. The number of nitrogens with one attached hydrogen (secondary N) is 1. The molecule has 2 amide bonds. The fourth-order valence-electron chi connectivity index (χ4n) is 4.04. The predicted molar refractivity (Wildman–Crippen MR) is 80.8 cm³/mol. The average molecular weight is 286 g/mol. The van der Waals surface area contributed by atoms with Crippen molar-refractivity contribution < 1.29 is 9.59 Å². The van der Waals surface area contributed by atoms with Crippen molar-refractivity contribution in [3.8, 4) is 0 Å². The summed E-state index contributed by atoms with van der Waals surface area (Å²) in [7, 11) is 1.70. The summed E-state index contributed by atoms with van der Waals surface area (Å²) in [5.74, 6) is 0.299. The first-order valence-corrected chi connectivity index (χ1v) is 7.72. The Kier molecular flexibility index (Phi) is 3.70. The van der Waals surface area contributed by atoms with E-state index >= 15 is 0 Å². The summed E-state index contributed by atoms with van der Waals surface area (Å²) in [5.41, 5.74) is 0.744. The fourth-order valence-corrected chi connectivity index (χ4v) is 4.04. The highest BCUT2D eigenvalue weighted by molar-refractivity contribution is 5.94. The number of carbonyl (C=O) groups excluding carboxylic acids is 2. The maximum atomic E-state index is 12.6. The standard InChI is InChI=1S/C17H22N2O2/c1-18-15(20)14-8-5-9-17(14)10-11-19(12-17)16(21)13-6-3-2-4-7-13/h2-4,6-7,14H,5,8-12H2,1H3,(H,18,20)/t14-,17-/m1/s1. The normalized spacial score (nSPS) is 28.0. The summed E-state index contributed by atoms with van der Waals surface area (Å²) < 4.78 is 0. The molecule has 4 nitrogen and oxygen atoms in total. The summed E-state index contributed by atoms with van der Waals surface area (Å²) in [5, 5.41) is 2.79. The quantitative estimate of drug-likeness (QED) is 0.904. The van der Waals surface area contributed by atoms with E-state index in [4.69, 9.17) is 0 Å². The maximum absolute atomic E-state index is 12.6. The van der Waals surface area contributed by atoms with Crippen LogP contribution in [-0.2, 0) is 4.79 Å². The molecule has 1 aromatic rings. The van der Waals surface area contributed by atoms with Crippen LogP contribution in [0.3, 0.4) is 0 Å². The van der Waals surface area contributed by atoms with E-state index in [9.17, 15) is 9.59 Å². The Bertz CT molecular complexity index is 543. The summed E-state index contributed by atoms with van der Waals surface area (Å²) in [6.07, 6.45) is 4.05. The first-order chi connectivity index (χ1) is 10.2. The lowest BCUT2D eigenvalue weighted by Crippen LogP contribution is -2.40. The molecule has 0 unspecified atom stereocenters. The minimum atomic E-state index is 0.00450. The van der Waals surface area contributed by atoms with Crippen molar-refractivity contribution in [1.82, 2.24) is 10.2 Å². The Balaban J connectivity index is 1.76. The number of hydrogen-bond acceptors (Lipinski definition) is 2. The molecule has 112 valence electrons. The smallest absolute Gasteiger partial charge is 0.253 e. The number of amides is 2.